The van der Waals surface area contributed by atoms with Crippen LogP contribution in [0.5, 0.6) is 0 Å². The summed E-state index contributed by atoms with van der Waals surface area (Å²) in [5, 5.41) is 5.45. The van der Waals surface area contributed by atoms with Crippen LogP contribution in [0.1, 0.15) is 47.0 Å². The van der Waals surface area contributed by atoms with Gasteiger partial charge < -0.3 is 16.4 Å². The Labute approximate surface area is 104 Å². The summed E-state index contributed by atoms with van der Waals surface area (Å²) in [7, 11) is 0. The minimum atomic E-state index is -0.844. The van der Waals surface area contributed by atoms with Crippen LogP contribution in [0.4, 0.5) is 0 Å². The van der Waals surface area contributed by atoms with Crippen LogP contribution >= 0.6 is 0 Å². The highest BCUT2D eigenvalue weighted by Gasteiger charge is 2.26. The van der Waals surface area contributed by atoms with E-state index in [9.17, 15) is 9.59 Å². The Bertz CT molecular complexity index is 262. The van der Waals surface area contributed by atoms with Crippen LogP contribution in [-0.2, 0) is 9.59 Å². The number of hydrogen-bond acceptors (Lipinski definition) is 3. The minimum Gasteiger partial charge on any atom is -0.354 e. The summed E-state index contributed by atoms with van der Waals surface area (Å²) in [6, 6.07) is 0.123. The Hall–Kier alpha value is -1.10. The van der Waals surface area contributed by atoms with Crippen LogP contribution in [0.2, 0.25) is 0 Å². The topological polar surface area (TPSA) is 84.2 Å². The normalized spacial score (nSPS) is 14.2. The van der Waals surface area contributed by atoms with Gasteiger partial charge in [-0.25, -0.2) is 0 Å². The molecule has 0 saturated carbocycles. The van der Waals surface area contributed by atoms with Crippen molar-refractivity contribution in [3.63, 3.8) is 0 Å². The van der Waals surface area contributed by atoms with Gasteiger partial charge in [0.2, 0.25) is 11.8 Å². The lowest BCUT2D eigenvalue weighted by atomic mass is 9.96. The molecule has 0 aromatic carbocycles. The van der Waals surface area contributed by atoms with Crippen molar-refractivity contribution in [3.05, 3.63) is 0 Å². The molecular weight excluding hydrogens is 218 g/mol. The summed E-state index contributed by atoms with van der Waals surface area (Å²) in [5.41, 5.74) is 5.01. The molecule has 1 atom stereocenters. The molecule has 0 aliphatic carbocycles. The Morgan fingerprint density at radius 2 is 1.94 bits per heavy atom. The van der Waals surface area contributed by atoms with E-state index in [1.165, 1.54) is 0 Å². The van der Waals surface area contributed by atoms with Crippen LogP contribution in [-0.4, -0.2) is 29.9 Å². The van der Waals surface area contributed by atoms with Crippen LogP contribution in [0.25, 0.3) is 0 Å². The summed E-state index contributed by atoms with van der Waals surface area (Å²) in [5.74, 6) is -0.258. The van der Waals surface area contributed by atoms with Crippen LogP contribution in [0.3, 0.4) is 0 Å². The van der Waals surface area contributed by atoms with E-state index in [1.54, 1.807) is 6.92 Å². The fraction of sp³-hybridized carbons (Fsp3) is 0.833. The molecule has 1 unspecified atom stereocenters. The number of rotatable bonds is 7. The van der Waals surface area contributed by atoms with E-state index < -0.39 is 5.54 Å². The molecular formula is C12H25N3O2. The van der Waals surface area contributed by atoms with Crippen molar-refractivity contribution in [2.24, 2.45) is 5.73 Å². The number of nitrogens with one attached hydrogen (secondary N) is 2. The Balaban J connectivity index is 3.89. The summed E-state index contributed by atoms with van der Waals surface area (Å²) < 4.78 is 0. The molecule has 0 aromatic heterocycles. The maximum Gasteiger partial charge on any atom is 0.239 e. The van der Waals surface area contributed by atoms with Gasteiger partial charge in [-0.1, -0.05) is 13.3 Å². The third-order valence-corrected chi connectivity index (χ3v) is 2.38. The van der Waals surface area contributed by atoms with Crippen molar-refractivity contribution in [1.29, 1.82) is 0 Å². The second-order valence-corrected chi connectivity index (χ2v) is 4.90. The van der Waals surface area contributed by atoms with E-state index in [1.807, 2.05) is 20.8 Å². The van der Waals surface area contributed by atoms with Crippen LogP contribution in [0, 0.1) is 0 Å². The number of carbonyl (C=O) groups is 2. The van der Waals surface area contributed by atoms with E-state index in [4.69, 9.17) is 5.73 Å². The van der Waals surface area contributed by atoms with E-state index in [0.29, 0.717) is 13.0 Å². The first-order valence-electron chi connectivity index (χ1n) is 6.16. The van der Waals surface area contributed by atoms with E-state index in [2.05, 4.69) is 10.6 Å². The third kappa shape index (κ3) is 6.94. The fourth-order valence-electron chi connectivity index (χ4n) is 1.52. The molecule has 0 aliphatic heterocycles. The molecule has 100 valence electrons. The van der Waals surface area contributed by atoms with Gasteiger partial charge in [0, 0.05) is 19.0 Å². The molecule has 4 N–H and O–H groups in total. The van der Waals surface area contributed by atoms with Gasteiger partial charge in [0.15, 0.2) is 0 Å². The monoisotopic (exact) mass is 243 g/mol. The highest BCUT2D eigenvalue weighted by molar-refractivity contribution is 5.86. The first-order chi connectivity index (χ1) is 7.79. The smallest absolute Gasteiger partial charge is 0.239 e. The standard InChI is InChI=1S/C12H25N3O2/c1-5-7-12(4,13)11(17)14-8-6-10(16)15-9(2)3/h9H,5-8,13H2,1-4H3,(H,14,17)(H,15,16). The average Bonchev–Trinajstić information content (AvgIpc) is 2.15. The van der Waals surface area contributed by atoms with E-state index in [-0.39, 0.29) is 24.3 Å². The summed E-state index contributed by atoms with van der Waals surface area (Å²) >= 11 is 0. The zero-order chi connectivity index (χ0) is 13.5. The van der Waals surface area contributed by atoms with Gasteiger partial charge in [-0.05, 0) is 27.2 Å². The quantitative estimate of drug-likeness (QED) is 0.610. The number of amides is 2. The van der Waals surface area contributed by atoms with Crippen molar-refractivity contribution >= 4 is 11.8 Å². The fourth-order valence-corrected chi connectivity index (χ4v) is 1.52. The van der Waals surface area contributed by atoms with E-state index >= 15 is 0 Å². The molecule has 0 rings (SSSR count). The molecule has 5 heteroatoms. The molecule has 0 saturated heterocycles. The van der Waals surface area contributed by atoms with Gasteiger partial charge >= 0.3 is 0 Å². The minimum absolute atomic E-state index is 0.0606. The summed E-state index contributed by atoms with van der Waals surface area (Å²) in [6.07, 6.45) is 1.78. The lowest BCUT2D eigenvalue weighted by Crippen LogP contribution is -2.52. The molecule has 0 radical (unpaired) electrons. The van der Waals surface area contributed by atoms with Crippen molar-refractivity contribution < 1.29 is 9.59 Å². The van der Waals surface area contributed by atoms with Gasteiger partial charge in [0.25, 0.3) is 0 Å². The second-order valence-electron chi connectivity index (χ2n) is 4.90. The van der Waals surface area contributed by atoms with Gasteiger partial charge in [-0.2, -0.15) is 0 Å². The SMILES string of the molecule is CCCC(C)(N)C(=O)NCCC(=O)NC(C)C. The van der Waals surface area contributed by atoms with Crippen molar-refractivity contribution in [2.45, 2.75) is 58.5 Å². The van der Waals surface area contributed by atoms with Crippen molar-refractivity contribution in [3.8, 4) is 0 Å². The predicted molar refractivity (Wildman–Crippen MR) is 68.4 cm³/mol. The Morgan fingerprint density at radius 1 is 1.35 bits per heavy atom. The van der Waals surface area contributed by atoms with E-state index in [0.717, 1.165) is 6.42 Å². The highest BCUT2D eigenvalue weighted by atomic mass is 16.2. The largest absolute Gasteiger partial charge is 0.354 e. The van der Waals surface area contributed by atoms with Gasteiger partial charge in [0.05, 0.1) is 5.54 Å². The molecule has 17 heavy (non-hydrogen) atoms. The average molecular weight is 243 g/mol. The van der Waals surface area contributed by atoms with Crippen LogP contribution in [0.15, 0.2) is 0 Å². The maximum absolute atomic E-state index is 11.7. The Kier molecular flexibility index (Phi) is 6.80. The first-order valence-corrected chi connectivity index (χ1v) is 6.16. The molecule has 2 amide bonds. The molecule has 5 nitrogen and oxygen atoms in total. The molecule has 0 spiro atoms. The maximum atomic E-state index is 11.7. The Morgan fingerprint density at radius 3 is 2.41 bits per heavy atom. The summed E-state index contributed by atoms with van der Waals surface area (Å²) in [6.45, 7) is 7.81. The van der Waals surface area contributed by atoms with Crippen molar-refractivity contribution in [2.75, 3.05) is 6.54 Å². The highest BCUT2D eigenvalue weighted by Crippen LogP contribution is 2.07. The molecule has 0 aliphatic rings. The number of carbonyl (C=O) groups excluding carboxylic acids is 2. The molecule has 0 bridgehead atoms. The molecule has 0 aromatic rings. The van der Waals surface area contributed by atoms with Gasteiger partial charge in [-0.15, -0.1) is 0 Å². The lowest BCUT2D eigenvalue weighted by Gasteiger charge is -2.22. The first kappa shape index (κ1) is 15.9. The third-order valence-electron chi connectivity index (χ3n) is 2.38. The molecule has 0 fully saturated rings. The van der Waals surface area contributed by atoms with Gasteiger partial charge in [0.1, 0.15) is 0 Å². The number of hydrogen-bond donors (Lipinski definition) is 3. The second kappa shape index (κ2) is 7.27. The number of nitrogens with two attached hydrogens (primary N) is 1. The summed E-state index contributed by atoms with van der Waals surface area (Å²) in [4.78, 5) is 23.0. The van der Waals surface area contributed by atoms with Crippen LogP contribution < -0.4 is 16.4 Å². The lowest BCUT2D eigenvalue weighted by molar-refractivity contribution is -0.126. The van der Waals surface area contributed by atoms with Gasteiger partial charge in [-0.3, -0.25) is 9.59 Å². The zero-order valence-corrected chi connectivity index (χ0v) is 11.3. The molecule has 0 heterocycles. The predicted octanol–water partition coefficient (Wildman–Crippen LogP) is 0.535. The zero-order valence-electron chi connectivity index (χ0n) is 11.3. The van der Waals surface area contributed by atoms with Crippen molar-refractivity contribution in [1.82, 2.24) is 10.6 Å².